The maximum absolute atomic E-state index is 5.53. The van der Waals surface area contributed by atoms with Gasteiger partial charge in [0.05, 0.1) is 0 Å². The lowest BCUT2D eigenvalue weighted by atomic mass is 10.1. The molecule has 0 aliphatic heterocycles. The summed E-state index contributed by atoms with van der Waals surface area (Å²) in [5.74, 6) is 2.54. The number of nitrogens with one attached hydrogen (secondary N) is 1. The second kappa shape index (κ2) is 7.84. The smallest absolute Gasteiger partial charge is 0.184 e. The summed E-state index contributed by atoms with van der Waals surface area (Å²) < 4.78 is 1.92. The van der Waals surface area contributed by atoms with E-state index in [0.717, 1.165) is 20.1 Å². The summed E-state index contributed by atoms with van der Waals surface area (Å²) in [6.07, 6.45) is 3.35. The number of benzene rings is 1. The number of nitrogens with zero attached hydrogens (tertiary/aromatic N) is 2. The van der Waals surface area contributed by atoms with Crippen molar-refractivity contribution in [1.82, 2.24) is 9.97 Å². The molecular weight excluding hydrogens is 450 g/mol. The number of hydrogen-bond acceptors (Lipinski definition) is 5. The largest absolute Gasteiger partial charge is 0.325 e. The van der Waals surface area contributed by atoms with E-state index in [1.807, 2.05) is 38.1 Å². The minimum Gasteiger partial charge on any atom is -0.325 e. The third kappa shape index (κ3) is 4.70. The highest BCUT2D eigenvalue weighted by atomic mass is 79.9. The number of aromatic nitrogens is 2. The van der Waals surface area contributed by atoms with E-state index < -0.39 is 0 Å². The van der Waals surface area contributed by atoms with Crippen LogP contribution < -0.4 is 15.1 Å². The third-order valence-corrected chi connectivity index (χ3v) is 4.29. The highest BCUT2D eigenvalue weighted by Gasteiger charge is 2.08. The summed E-state index contributed by atoms with van der Waals surface area (Å²) in [5.41, 5.74) is 1.97. The lowest BCUT2D eigenvalue weighted by Crippen LogP contribution is -2.04. The second-order valence-electron chi connectivity index (χ2n) is 5.40. The van der Waals surface area contributed by atoms with Gasteiger partial charge in [0.15, 0.2) is 11.5 Å². The molecule has 7 heteroatoms. The van der Waals surface area contributed by atoms with Crippen LogP contribution in [0.15, 0.2) is 57.7 Å². The molecule has 0 radical (unpaired) electrons. The van der Waals surface area contributed by atoms with Crippen molar-refractivity contribution in [1.29, 1.82) is 0 Å². The van der Waals surface area contributed by atoms with E-state index in [-0.39, 0.29) is 0 Å². The van der Waals surface area contributed by atoms with Gasteiger partial charge in [-0.25, -0.2) is 9.97 Å². The van der Waals surface area contributed by atoms with Crippen LogP contribution in [0.2, 0.25) is 0 Å². The van der Waals surface area contributed by atoms with E-state index in [0.29, 0.717) is 23.1 Å². The van der Waals surface area contributed by atoms with Gasteiger partial charge in [0.25, 0.3) is 0 Å². The standard InChI is InChI=1S/C18H15Br2N3O2/c1-11-7-14(20)8-12(2)18(11)25-24-15-5-6-21-17(9-15)23-16-4-3-13(19)10-22-16/h3-10H,1-2H3,(H,21,22,23). The van der Waals surface area contributed by atoms with Crippen molar-refractivity contribution in [3.63, 3.8) is 0 Å². The summed E-state index contributed by atoms with van der Waals surface area (Å²) in [6, 6.07) is 11.2. The average molecular weight is 465 g/mol. The molecule has 3 aromatic rings. The van der Waals surface area contributed by atoms with Gasteiger partial charge < -0.3 is 5.32 Å². The lowest BCUT2D eigenvalue weighted by Gasteiger charge is -2.12. The van der Waals surface area contributed by atoms with Crippen LogP contribution in [0, 0.1) is 13.8 Å². The fourth-order valence-electron chi connectivity index (χ4n) is 2.23. The normalized spacial score (nSPS) is 10.4. The molecule has 25 heavy (non-hydrogen) atoms. The van der Waals surface area contributed by atoms with Gasteiger partial charge in [-0.2, -0.15) is 0 Å². The molecule has 0 saturated carbocycles. The molecule has 5 nitrogen and oxygen atoms in total. The van der Waals surface area contributed by atoms with Crippen LogP contribution in [0.3, 0.4) is 0 Å². The molecule has 0 aliphatic carbocycles. The molecule has 0 unspecified atom stereocenters. The second-order valence-corrected chi connectivity index (χ2v) is 7.23. The minimum atomic E-state index is 0.538. The molecule has 2 heterocycles. The van der Waals surface area contributed by atoms with Crippen LogP contribution in [0.4, 0.5) is 11.6 Å². The summed E-state index contributed by atoms with van der Waals surface area (Å²) in [4.78, 5) is 19.5. The fourth-order valence-corrected chi connectivity index (χ4v) is 3.15. The van der Waals surface area contributed by atoms with Gasteiger partial charge in [-0.3, -0.25) is 9.78 Å². The summed E-state index contributed by atoms with van der Waals surface area (Å²) in [5, 5.41) is 3.12. The Morgan fingerprint density at radius 1 is 0.840 bits per heavy atom. The monoisotopic (exact) mass is 463 g/mol. The van der Waals surface area contributed by atoms with Gasteiger partial charge in [0, 0.05) is 33.5 Å². The van der Waals surface area contributed by atoms with Gasteiger partial charge >= 0.3 is 0 Å². The Labute approximate surface area is 162 Å². The van der Waals surface area contributed by atoms with Crippen LogP contribution in [0.1, 0.15) is 11.1 Å². The molecule has 1 N–H and O–H groups in total. The Balaban J connectivity index is 1.71. The molecule has 0 saturated heterocycles. The fraction of sp³-hybridized carbons (Fsp3) is 0.111. The van der Waals surface area contributed by atoms with E-state index in [1.165, 1.54) is 0 Å². The van der Waals surface area contributed by atoms with Crippen LogP contribution in [0.25, 0.3) is 0 Å². The number of halogens is 2. The van der Waals surface area contributed by atoms with Crippen LogP contribution >= 0.6 is 31.9 Å². The molecular formula is C18H15Br2N3O2. The summed E-state index contributed by atoms with van der Waals surface area (Å²) in [7, 11) is 0. The number of anilines is 2. The van der Waals surface area contributed by atoms with E-state index in [2.05, 4.69) is 47.1 Å². The summed E-state index contributed by atoms with van der Waals surface area (Å²) >= 11 is 6.82. The van der Waals surface area contributed by atoms with Crippen molar-refractivity contribution in [2.45, 2.75) is 13.8 Å². The highest BCUT2D eigenvalue weighted by Crippen LogP contribution is 2.28. The predicted molar refractivity (Wildman–Crippen MR) is 104 cm³/mol. The molecule has 0 aliphatic rings. The van der Waals surface area contributed by atoms with Crippen molar-refractivity contribution < 1.29 is 9.78 Å². The van der Waals surface area contributed by atoms with Crippen LogP contribution in [-0.2, 0) is 0 Å². The first-order valence-corrected chi connectivity index (χ1v) is 9.06. The number of rotatable bonds is 5. The van der Waals surface area contributed by atoms with Gasteiger partial charge in [0.1, 0.15) is 11.6 Å². The van der Waals surface area contributed by atoms with E-state index in [1.54, 1.807) is 24.5 Å². The molecule has 0 atom stereocenters. The van der Waals surface area contributed by atoms with Crippen LogP contribution in [-0.4, -0.2) is 9.97 Å². The van der Waals surface area contributed by atoms with Gasteiger partial charge in [-0.05, 0) is 65.2 Å². The molecule has 1 aromatic carbocycles. The molecule has 128 valence electrons. The van der Waals surface area contributed by atoms with Crippen molar-refractivity contribution in [3.8, 4) is 11.5 Å². The number of aryl methyl sites for hydroxylation is 2. The van der Waals surface area contributed by atoms with Crippen molar-refractivity contribution in [3.05, 3.63) is 68.9 Å². The van der Waals surface area contributed by atoms with Gasteiger partial charge in [-0.1, -0.05) is 15.9 Å². The molecule has 3 rings (SSSR count). The van der Waals surface area contributed by atoms with Crippen molar-refractivity contribution >= 4 is 43.5 Å². The van der Waals surface area contributed by atoms with E-state index in [4.69, 9.17) is 9.78 Å². The quantitative estimate of drug-likeness (QED) is 0.385. The summed E-state index contributed by atoms with van der Waals surface area (Å²) in [6.45, 7) is 3.93. The molecule has 2 aromatic heterocycles. The predicted octanol–water partition coefficient (Wildman–Crippen LogP) is 5.73. The zero-order valence-electron chi connectivity index (χ0n) is 13.6. The maximum Gasteiger partial charge on any atom is 0.184 e. The lowest BCUT2D eigenvalue weighted by molar-refractivity contribution is -0.101. The first kappa shape index (κ1) is 17.7. The Bertz CT molecular complexity index is 863. The number of pyridine rings is 2. The Morgan fingerprint density at radius 3 is 2.28 bits per heavy atom. The zero-order valence-corrected chi connectivity index (χ0v) is 16.8. The van der Waals surface area contributed by atoms with Crippen molar-refractivity contribution in [2.75, 3.05) is 5.32 Å². The highest BCUT2D eigenvalue weighted by molar-refractivity contribution is 9.10. The molecule has 0 spiro atoms. The topological polar surface area (TPSA) is 56.3 Å². The van der Waals surface area contributed by atoms with E-state index >= 15 is 0 Å². The minimum absolute atomic E-state index is 0.538. The zero-order chi connectivity index (χ0) is 17.8. The Hall–Kier alpha value is -2.12. The third-order valence-electron chi connectivity index (χ3n) is 3.36. The SMILES string of the molecule is Cc1cc(Br)cc(C)c1OOc1ccnc(Nc2ccc(Br)cn2)c1. The maximum atomic E-state index is 5.53. The van der Waals surface area contributed by atoms with Gasteiger partial charge in [0.2, 0.25) is 0 Å². The Morgan fingerprint density at radius 2 is 1.60 bits per heavy atom. The van der Waals surface area contributed by atoms with Crippen LogP contribution in [0.5, 0.6) is 11.5 Å². The first-order chi connectivity index (χ1) is 12.0. The van der Waals surface area contributed by atoms with E-state index in [9.17, 15) is 0 Å². The van der Waals surface area contributed by atoms with Crippen molar-refractivity contribution in [2.24, 2.45) is 0 Å². The molecule has 0 bridgehead atoms. The average Bonchev–Trinajstić information content (AvgIpc) is 2.56. The molecule has 0 fully saturated rings. The number of hydrogen-bond donors (Lipinski definition) is 1. The molecule has 0 amide bonds. The van der Waals surface area contributed by atoms with Gasteiger partial charge in [-0.15, -0.1) is 0 Å². The first-order valence-electron chi connectivity index (χ1n) is 7.47. The Kier molecular flexibility index (Phi) is 5.55.